The van der Waals surface area contributed by atoms with Crippen LogP contribution in [0, 0.1) is 10.1 Å². The van der Waals surface area contributed by atoms with Crippen molar-refractivity contribution in [3.63, 3.8) is 0 Å². The van der Waals surface area contributed by atoms with E-state index >= 15 is 0 Å². The summed E-state index contributed by atoms with van der Waals surface area (Å²) in [5.74, 6) is 1.28. The highest BCUT2D eigenvalue weighted by atomic mass is 16.6. The molecule has 1 N–H and O–H groups in total. The van der Waals surface area contributed by atoms with Crippen LogP contribution in [0.4, 0.5) is 11.5 Å². The summed E-state index contributed by atoms with van der Waals surface area (Å²) in [6.45, 7) is 0. The van der Waals surface area contributed by atoms with Gasteiger partial charge < -0.3 is 9.73 Å². The molecule has 0 saturated carbocycles. The third-order valence-electron chi connectivity index (χ3n) is 4.11. The van der Waals surface area contributed by atoms with Crippen molar-refractivity contribution >= 4 is 22.5 Å². The van der Waals surface area contributed by atoms with Gasteiger partial charge in [0.25, 0.3) is 5.69 Å². The van der Waals surface area contributed by atoms with Gasteiger partial charge in [-0.15, -0.1) is 0 Å². The number of hydrogen-bond donors (Lipinski definition) is 1. The Bertz CT molecular complexity index is 1010. The molecule has 1 atom stereocenters. The summed E-state index contributed by atoms with van der Waals surface area (Å²) in [4.78, 5) is 14.5. The first kappa shape index (κ1) is 15.8. The lowest BCUT2D eigenvalue weighted by molar-refractivity contribution is -0.385. The second-order valence-electron chi connectivity index (χ2n) is 5.83. The molecule has 0 radical (unpaired) electrons. The van der Waals surface area contributed by atoms with Gasteiger partial charge >= 0.3 is 0 Å². The Morgan fingerprint density at radius 1 is 1.00 bits per heavy atom. The van der Waals surface area contributed by atoms with Crippen LogP contribution in [0.15, 0.2) is 83.4 Å². The molecule has 6 nitrogen and oxygen atoms in total. The number of nitro groups is 1. The van der Waals surface area contributed by atoms with Crippen LogP contribution in [-0.2, 0) is 0 Å². The number of pyridine rings is 1. The van der Waals surface area contributed by atoms with Crippen LogP contribution in [0.1, 0.15) is 17.4 Å². The van der Waals surface area contributed by atoms with Crippen LogP contribution < -0.4 is 5.32 Å². The zero-order valence-electron chi connectivity index (χ0n) is 13.7. The normalized spacial score (nSPS) is 12.0. The van der Waals surface area contributed by atoms with Crippen molar-refractivity contribution < 1.29 is 9.34 Å². The molecule has 0 aliphatic carbocycles. The fourth-order valence-corrected chi connectivity index (χ4v) is 2.84. The first-order valence-corrected chi connectivity index (χ1v) is 8.11. The molecule has 2 heterocycles. The Balaban J connectivity index is 1.72. The first-order chi connectivity index (χ1) is 12.7. The lowest BCUT2D eigenvalue weighted by Gasteiger charge is -2.17. The van der Waals surface area contributed by atoms with Crippen LogP contribution in [0.5, 0.6) is 0 Å². The van der Waals surface area contributed by atoms with Crippen molar-refractivity contribution in [3.05, 3.63) is 100 Å². The van der Waals surface area contributed by atoms with E-state index in [0.29, 0.717) is 5.82 Å². The molecule has 0 saturated heterocycles. The first-order valence-electron chi connectivity index (χ1n) is 8.11. The Hall–Kier alpha value is -3.67. The van der Waals surface area contributed by atoms with Gasteiger partial charge in [0.05, 0.1) is 4.92 Å². The SMILES string of the molecule is O=[N+]([O-])c1ccc(N[C@H](c2ccccc2)c2cc3ccccc3o2)nc1. The molecule has 128 valence electrons. The molecule has 26 heavy (non-hydrogen) atoms. The van der Waals surface area contributed by atoms with Gasteiger partial charge in [0.15, 0.2) is 0 Å². The zero-order valence-corrected chi connectivity index (χ0v) is 13.7. The van der Waals surface area contributed by atoms with Gasteiger partial charge in [-0.2, -0.15) is 0 Å². The van der Waals surface area contributed by atoms with Crippen molar-refractivity contribution in [2.24, 2.45) is 0 Å². The van der Waals surface area contributed by atoms with Crippen LogP contribution >= 0.6 is 0 Å². The summed E-state index contributed by atoms with van der Waals surface area (Å²) in [6.07, 6.45) is 1.24. The average molecular weight is 345 g/mol. The molecule has 0 bridgehead atoms. The van der Waals surface area contributed by atoms with E-state index in [4.69, 9.17) is 4.42 Å². The van der Waals surface area contributed by atoms with Gasteiger partial charge in [-0.25, -0.2) is 4.98 Å². The number of hydrogen-bond acceptors (Lipinski definition) is 5. The fraction of sp³-hybridized carbons (Fsp3) is 0.0500. The summed E-state index contributed by atoms with van der Waals surface area (Å²) in [6, 6.07) is 22.4. The summed E-state index contributed by atoms with van der Waals surface area (Å²) >= 11 is 0. The second kappa shape index (κ2) is 6.68. The fourth-order valence-electron chi connectivity index (χ4n) is 2.84. The number of aromatic nitrogens is 1. The van der Waals surface area contributed by atoms with Crippen molar-refractivity contribution in [2.45, 2.75) is 6.04 Å². The minimum atomic E-state index is -0.468. The van der Waals surface area contributed by atoms with Crippen LogP contribution in [0.2, 0.25) is 0 Å². The largest absolute Gasteiger partial charge is 0.459 e. The number of rotatable bonds is 5. The predicted molar refractivity (Wildman–Crippen MR) is 99.0 cm³/mol. The van der Waals surface area contributed by atoms with Gasteiger partial charge in [-0.05, 0) is 23.8 Å². The third-order valence-corrected chi connectivity index (χ3v) is 4.11. The van der Waals surface area contributed by atoms with E-state index in [-0.39, 0.29) is 11.7 Å². The molecule has 0 fully saturated rings. The van der Waals surface area contributed by atoms with Gasteiger partial charge in [0.1, 0.15) is 29.4 Å². The Morgan fingerprint density at radius 3 is 2.46 bits per heavy atom. The van der Waals surface area contributed by atoms with E-state index in [0.717, 1.165) is 22.3 Å². The molecule has 0 amide bonds. The van der Waals surface area contributed by atoms with Crippen LogP contribution in [-0.4, -0.2) is 9.91 Å². The number of anilines is 1. The highest BCUT2D eigenvalue weighted by molar-refractivity contribution is 5.78. The minimum absolute atomic E-state index is 0.0458. The standard InChI is InChI=1S/C20H15N3O3/c24-23(25)16-10-11-19(21-13-16)22-20(14-6-2-1-3-7-14)18-12-15-8-4-5-9-17(15)26-18/h1-13,20H,(H,21,22)/t20-/m1/s1. The Kier molecular flexibility index (Phi) is 4.07. The lowest BCUT2D eigenvalue weighted by atomic mass is 10.0. The highest BCUT2D eigenvalue weighted by Crippen LogP contribution is 2.31. The summed E-state index contributed by atoms with van der Waals surface area (Å²) in [5, 5.41) is 15.1. The number of nitrogens with one attached hydrogen (secondary N) is 1. The quantitative estimate of drug-likeness (QED) is 0.409. The van der Waals surface area contributed by atoms with Crippen LogP contribution in [0.3, 0.4) is 0 Å². The highest BCUT2D eigenvalue weighted by Gasteiger charge is 2.19. The second-order valence-corrected chi connectivity index (χ2v) is 5.83. The summed E-state index contributed by atoms with van der Waals surface area (Å²) < 4.78 is 6.02. The van der Waals surface area contributed by atoms with Gasteiger partial charge in [-0.3, -0.25) is 10.1 Å². The maximum atomic E-state index is 10.8. The smallest absolute Gasteiger partial charge is 0.287 e. The number of fused-ring (bicyclic) bond motifs is 1. The molecule has 6 heteroatoms. The number of furan rings is 1. The Morgan fingerprint density at radius 2 is 1.77 bits per heavy atom. The van der Waals surface area contributed by atoms with Gasteiger partial charge in [-0.1, -0.05) is 48.5 Å². The number of nitrogens with zero attached hydrogens (tertiary/aromatic N) is 2. The van der Waals surface area contributed by atoms with E-state index < -0.39 is 4.92 Å². The van der Waals surface area contributed by atoms with Gasteiger partial charge in [0, 0.05) is 11.5 Å². The molecule has 0 spiro atoms. The Labute approximate surface area is 149 Å². The molecule has 2 aromatic carbocycles. The maximum absolute atomic E-state index is 10.8. The molecule has 0 aliphatic heterocycles. The lowest BCUT2D eigenvalue weighted by Crippen LogP contribution is -2.12. The summed E-state index contributed by atoms with van der Waals surface area (Å²) in [5.41, 5.74) is 1.77. The van der Waals surface area contributed by atoms with Crippen LogP contribution in [0.25, 0.3) is 11.0 Å². The molecule has 2 aromatic heterocycles. The topological polar surface area (TPSA) is 81.2 Å². The average Bonchev–Trinajstić information content (AvgIpc) is 3.11. The molecule has 4 rings (SSSR count). The minimum Gasteiger partial charge on any atom is -0.459 e. The molecule has 4 aromatic rings. The van der Waals surface area contributed by atoms with E-state index in [1.807, 2.05) is 60.7 Å². The summed E-state index contributed by atoms with van der Waals surface area (Å²) in [7, 11) is 0. The monoisotopic (exact) mass is 345 g/mol. The molecular weight excluding hydrogens is 330 g/mol. The van der Waals surface area contributed by atoms with Gasteiger partial charge in [0.2, 0.25) is 0 Å². The third kappa shape index (κ3) is 3.12. The van der Waals surface area contributed by atoms with E-state index in [2.05, 4.69) is 10.3 Å². The number of benzene rings is 2. The number of para-hydroxylation sites is 1. The maximum Gasteiger partial charge on any atom is 0.287 e. The molecule has 0 unspecified atom stereocenters. The molecular formula is C20H15N3O3. The molecule has 0 aliphatic rings. The van der Waals surface area contributed by atoms with E-state index in [1.165, 1.54) is 12.3 Å². The van der Waals surface area contributed by atoms with E-state index in [9.17, 15) is 10.1 Å². The zero-order chi connectivity index (χ0) is 17.9. The van der Waals surface area contributed by atoms with Crippen molar-refractivity contribution in [3.8, 4) is 0 Å². The van der Waals surface area contributed by atoms with Crippen molar-refractivity contribution in [2.75, 3.05) is 5.32 Å². The van der Waals surface area contributed by atoms with E-state index in [1.54, 1.807) is 6.07 Å². The van der Waals surface area contributed by atoms with Crippen molar-refractivity contribution in [1.82, 2.24) is 4.98 Å². The predicted octanol–water partition coefficient (Wildman–Crippen LogP) is 4.94. The van der Waals surface area contributed by atoms with Crippen molar-refractivity contribution in [1.29, 1.82) is 0 Å².